The second kappa shape index (κ2) is 12.1. The van der Waals surface area contributed by atoms with Gasteiger partial charge in [0.2, 0.25) is 17.8 Å². The van der Waals surface area contributed by atoms with Crippen molar-refractivity contribution < 1.29 is 4.39 Å². The van der Waals surface area contributed by atoms with E-state index in [4.69, 9.17) is 23.2 Å². The van der Waals surface area contributed by atoms with Crippen molar-refractivity contribution in [2.75, 3.05) is 28.7 Å². The van der Waals surface area contributed by atoms with Crippen LogP contribution in [0.1, 0.15) is 30.4 Å². The van der Waals surface area contributed by atoms with E-state index in [1.165, 1.54) is 18.6 Å². The Balaban J connectivity index is 1.26. The van der Waals surface area contributed by atoms with Crippen LogP contribution in [-0.4, -0.2) is 38.8 Å². The summed E-state index contributed by atoms with van der Waals surface area (Å²) in [5.41, 5.74) is 6.60. The van der Waals surface area contributed by atoms with E-state index >= 15 is 0 Å². The van der Waals surface area contributed by atoms with Crippen LogP contribution >= 0.6 is 23.2 Å². The third-order valence-electron chi connectivity index (χ3n) is 6.91. The normalized spacial score (nSPS) is 13.7. The summed E-state index contributed by atoms with van der Waals surface area (Å²) in [4.78, 5) is 15.9. The number of rotatable bonds is 8. The van der Waals surface area contributed by atoms with Crippen LogP contribution in [0.4, 0.5) is 27.9 Å². The van der Waals surface area contributed by atoms with Gasteiger partial charge in [-0.05, 0) is 67.3 Å². The molecular formula is C30H27Cl2FN8. The highest BCUT2D eigenvalue weighted by atomic mass is 35.5. The van der Waals surface area contributed by atoms with Crippen molar-refractivity contribution in [1.29, 1.82) is 0 Å². The smallest absolute Gasteiger partial charge is 0.250 e. The molecule has 2 N–H and O–H groups in total. The highest BCUT2D eigenvalue weighted by Gasteiger charge is 2.17. The summed E-state index contributed by atoms with van der Waals surface area (Å²) in [5.74, 6) is 0.910. The third kappa shape index (κ3) is 6.42. The van der Waals surface area contributed by atoms with Gasteiger partial charge in [0.25, 0.3) is 0 Å². The van der Waals surface area contributed by atoms with Crippen molar-refractivity contribution in [1.82, 2.24) is 19.5 Å². The van der Waals surface area contributed by atoms with Crippen LogP contribution in [0.15, 0.2) is 78.0 Å². The fraction of sp³-hybridized carbons (Fsp3) is 0.200. The van der Waals surface area contributed by atoms with Crippen molar-refractivity contribution in [2.24, 2.45) is 5.10 Å². The molecule has 5 aromatic rings. The first-order valence-electron chi connectivity index (χ1n) is 13.4. The largest absolute Gasteiger partial charge is 0.342 e. The molecule has 3 aromatic carbocycles. The maximum atomic E-state index is 13.4. The van der Waals surface area contributed by atoms with E-state index in [1.54, 1.807) is 24.4 Å². The molecular weight excluding hydrogens is 562 g/mol. The Kier molecular flexibility index (Phi) is 7.98. The van der Waals surface area contributed by atoms with Gasteiger partial charge in [-0.15, -0.1) is 0 Å². The molecule has 2 aromatic heterocycles. The van der Waals surface area contributed by atoms with Gasteiger partial charge in [0.05, 0.1) is 6.21 Å². The first-order valence-corrected chi connectivity index (χ1v) is 14.1. The molecule has 0 atom stereocenters. The lowest BCUT2D eigenvalue weighted by Gasteiger charge is -2.26. The molecule has 0 unspecified atom stereocenters. The SMILES string of the molecule is Fc1ccc(Nc2nc(N/N=C\c3cn(Cc4ccc(Cl)cc4Cl)c4ccccc34)nc(N3CCCCC3)n2)cc1. The topological polar surface area (TPSA) is 83.3 Å². The Morgan fingerprint density at radius 1 is 0.902 bits per heavy atom. The Labute approximate surface area is 246 Å². The minimum Gasteiger partial charge on any atom is -0.342 e. The van der Waals surface area contributed by atoms with Gasteiger partial charge in [-0.1, -0.05) is 47.5 Å². The Hall–Kier alpha value is -4.21. The van der Waals surface area contributed by atoms with Gasteiger partial charge < -0.3 is 14.8 Å². The zero-order valence-corrected chi connectivity index (χ0v) is 23.6. The molecule has 0 saturated carbocycles. The van der Waals surface area contributed by atoms with E-state index in [0.717, 1.165) is 48.0 Å². The number of hydrogen-bond donors (Lipinski definition) is 2. The van der Waals surface area contributed by atoms with Crippen molar-refractivity contribution >= 4 is 63.9 Å². The molecule has 41 heavy (non-hydrogen) atoms. The van der Waals surface area contributed by atoms with Crippen molar-refractivity contribution in [2.45, 2.75) is 25.8 Å². The molecule has 1 aliphatic rings. The van der Waals surface area contributed by atoms with Crippen LogP contribution in [0.3, 0.4) is 0 Å². The monoisotopic (exact) mass is 588 g/mol. The first-order chi connectivity index (χ1) is 20.0. The number of halogens is 3. The quantitative estimate of drug-likeness (QED) is 0.144. The number of aromatic nitrogens is 4. The van der Waals surface area contributed by atoms with Gasteiger partial charge in [-0.2, -0.15) is 20.1 Å². The number of anilines is 4. The molecule has 0 amide bonds. The summed E-state index contributed by atoms with van der Waals surface area (Å²) < 4.78 is 15.5. The van der Waals surface area contributed by atoms with E-state index in [9.17, 15) is 4.39 Å². The summed E-state index contributed by atoms with van der Waals surface area (Å²) >= 11 is 12.5. The molecule has 1 fully saturated rings. The zero-order valence-electron chi connectivity index (χ0n) is 22.1. The fourth-order valence-electron chi connectivity index (χ4n) is 4.87. The lowest BCUT2D eigenvalue weighted by molar-refractivity contribution is 0.568. The van der Waals surface area contributed by atoms with Gasteiger partial charge >= 0.3 is 0 Å². The maximum Gasteiger partial charge on any atom is 0.250 e. The van der Waals surface area contributed by atoms with E-state index in [2.05, 4.69) is 52.4 Å². The van der Waals surface area contributed by atoms with Crippen LogP contribution in [0.25, 0.3) is 10.9 Å². The number of nitrogens with zero attached hydrogens (tertiary/aromatic N) is 6. The van der Waals surface area contributed by atoms with Gasteiger partial charge in [0, 0.05) is 58.0 Å². The highest BCUT2D eigenvalue weighted by molar-refractivity contribution is 6.35. The minimum atomic E-state index is -0.311. The molecule has 1 saturated heterocycles. The van der Waals surface area contributed by atoms with Crippen LogP contribution in [0.2, 0.25) is 10.0 Å². The second-order valence-electron chi connectivity index (χ2n) is 9.80. The van der Waals surface area contributed by atoms with Crippen LogP contribution in [0, 0.1) is 5.82 Å². The highest BCUT2D eigenvalue weighted by Crippen LogP contribution is 2.26. The van der Waals surface area contributed by atoms with E-state index in [1.807, 2.05) is 30.5 Å². The second-order valence-corrected chi connectivity index (χ2v) is 10.6. The van der Waals surface area contributed by atoms with Crippen LogP contribution < -0.4 is 15.6 Å². The van der Waals surface area contributed by atoms with Crippen LogP contribution in [-0.2, 0) is 6.54 Å². The zero-order chi connectivity index (χ0) is 28.2. The summed E-state index contributed by atoms with van der Waals surface area (Å²) in [7, 11) is 0. The molecule has 3 heterocycles. The Morgan fingerprint density at radius 2 is 1.68 bits per heavy atom. The van der Waals surface area contributed by atoms with Crippen LogP contribution in [0.5, 0.6) is 0 Å². The van der Waals surface area contributed by atoms with E-state index in [-0.39, 0.29) is 5.82 Å². The number of para-hydroxylation sites is 1. The molecule has 11 heteroatoms. The molecule has 0 bridgehead atoms. The number of fused-ring (bicyclic) bond motifs is 1. The van der Waals surface area contributed by atoms with E-state index in [0.29, 0.717) is 40.1 Å². The Morgan fingerprint density at radius 3 is 2.49 bits per heavy atom. The lowest BCUT2D eigenvalue weighted by Crippen LogP contribution is -2.31. The average Bonchev–Trinajstić information content (AvgIpc) is 3.33. The summed E-state index contributed by atoms with van der Waals surface area (Å²) in [6.45, 7) is 2.34. The number of benzene rings is 3. The number of nitrogens with one attached hydrogen (secondary N) is 2. The fourth-order valence-corrected chi connectivity index (χ4v) is 5.34. The van der Waals surface area contributed by atoms with Gasteiger partial charge in [0.15, 0.2) is 0 Å². The summed E-state index contributed by atoms with van der Waals surface area (Å²) in [5, 5.41) is 9.90. The maximum absolute atomic E-state index is 13.4. The molecule has 208 valence electrons. The summed E-state index contributed by atoms with van der Waals surface area (Å²) in [6.07, 6.45) is 7.14. The first kappa shape index (κ1) is 27.0. The van der Waals surface area contributed by atoms with Crippen molar-refractivity contribution in [3.8, 4) is 0 Å². The van der Waals surface area contributed by atoms with Crippen molar-refractivity contribution in [3.63, 3.8) is 0 Å². The average molecular weight is 590 g/mol. The molecule has 0 spiro atoms. The summed E-state index contributed by atoms with van der Waals surface area (Å²) in [6, 6.07) is 19.7. The molecule has 6 rings (SSSR count). The van der Waals surface area contributed by atoms with Gasteiger partial charge in [-0.25, -0.2) is 9.82 Å². The Bertz CT molecular complexity index is 1700. The number of hydrogen-bond acceptors (Lipinski definition) is 7. The predicted octanol–water partition coefficient (Wildman–Crippen LogP) is 7.50. The van der Waals surface area contributed by atoms with E-state index < -0.39 is 0 Å². The standard InChI is InChI=1S/C30H27Cl2FN8/c31-22-9-8-20(26(32)16-22)18-41-19-21(25-6-2-3-7-27(25)41)17-34-39-29-36-28(35-24-12-10-23(33)11-13-24)37-30(38-29)40-14-4-1-5-15-40/h2-3,6-13,16-17,19H,1,4-5,14-15,18H2,(H2,35,36,37,38,39)/b34-17-. The number of hydrazone groups is 1. The van der Waals surface area contributed by atoms with Crippen molar-refractivity contribution in [3.05, 3.63) is 99.9 Å². The van der Waals surface area contributed by atoms with Gasteiger partial charge in [0.1, 0.15) is 5.82 Å². The minimum absolute atomic E-state index is 0.304. The molecule has 0 aliphatic carbocycles. The third-order valence-corrected chi connectivity index (χ3v) is 7.49. The number of piperidine rings is 1. The molecule has 0 radical (unpaired) electrons. The van der Waals surface area contributed by atoms with Gasteiger partial charge in [-0.3, -0.25) is 0 Å². The molecule has 1 aliphatic heterocycles. The molecule has 8 nitrogen and oxygen atoms in total. The lowest BCUT2D eigenvalue weighted by atomic mass is 10.1. The predicted molar refractivity (Wildman–Crippen MR) is 164 cm³/mol.